The van der Waals surface area contributed by atoms with E-state index >= 15 is 0 Å². The highest BCUT2D eigenvalue weighted by molar-refractivity contribution is 5.89. The molecule has 1 aromatic carbocycles. The van der Waals surface area contributed by atoms with Crippen LogP contribution in [0.5, 0.6) is 0 Å². The van der Waals surface area contributed by atoms with Gasteiger partial charge in [-0.2, -0.15) is 0 Å². The Hall–Kier alpha value is -1.64. The van der Waals surface area contributed by atoms with Crippen molar-refractivity contribution in [2.24, 2.45) is 0 Å². The van der Waals surface area contributed by atoms with Crippen molar-refractivity contribution < 1.29 is 33.3 Å². The summed E-state index contributed by atoms with van der Waals surface area (Å²) in [5.74, 6) is -0.165. The molecule has 0 N–H and O–H groups in total. The summed E-state index contributed by atoms with van der Waals surface area (Å²) >= 11 is 0. The van der Waals surface area contributed by atoms with Crippen molar-refractivity contribution in [3.63, 3.8) is 0 Å². The molecule has 28 heavy (non-hydrogen) atoms. The molecule has 7 heteroatoms. The quantitative estimate of drug-likeness (QED) is 0.567. The van der Waals surface area contributed by atoms with Crippen molar-refractivity contribution in [3.05, 3.63) is 35.9 Å². The summed E-state index contributed by atoms with van der Waals surface area (Å²) in [6, 6.07) is 9.80. The van der Waals surface area contributed by atoms with E-state index in [-0.39, 0.29) is 24.4 Å². The zero-order valence-corrected chi connectivity index (χ0v) is 17.0. The van der Waals surface area contributed by atoms with Crippen molar-refractivity contribution >= 4 is 11.6 Å². The molecule has 5 atom stereocenters. The largest absolute Gasteiger partial charge is 0.376 e. The molecule has 1 saturated heterocycles. The second-order valence-electron chi connectivity index (χ2n) is 6.75. The van der Waals surface area contributed by atoms with Crippen molar-refractivity contribution in [1.82, 2.24) is 0 Å². The average Bonchev–Trinajstić information content (AvgIpc) is 2.74. The molecule has 0 spiro atoms. The number of ether oxygens (including phenoxy) is 5. The highest BCUT2D eigenvalue weighted by atomic mass is 16.7. The fourth-order valence-corrected chi connectivity index (χ4v) is 3.49. The molecule has 0 aliphatic carbocycles. The summed E-state index contributed by atoms with van der Waals surface area (Å²) in [4.78, 5) is 25.0. The minimum absolute atomic E-state index is 0.0448. The van der Waals surface area contributed by atoms with Gasteiger partial charge in [0.2, 0.25) is 0 Å². The van der Waals surface area contributed by atoms with Gasteiger partial charge in [0.05, 0.1) is 0 Å². The maximum absolute atomic E-state index is 12.8. The predicted octanol–water partition coefficient (Wildman–Crippen LogP) is 1.95. The second-order valence-corrected chi connectivity index (χ2v) is 6.75. The Bertz CT molecular complexity index is 618. The Morgan fingerprint density at radius 1 is 0.821 bits per heavy atom. The summed E-state index contributed by atoms with van der Waals surface area (Å²) in [6.07, 6.45) is -2.02. The number of hydrogen-bond acceptors (Lipinski definition) is 7. The van der Waals surface area contributed by atoms with Crippen LogP contribution in [0.15, 0.2) is 30.3 Å². The van der Waals surface area contributed by atoms with E-state index in [1.54, 1.807) is 0 Å². The molecular formula is C21H30O7. The Labute approximate surface area is 166 Å². The van der Waals surface area contributed by atoms with E-state index in [1.165, 1.54) is 28.4 Å². The Kier molecular flexibility index (Phi) is 9.21. The van der Waals surface area contributed by atoms with E-state index < -0.39 is 30.7 Å². The van der Waals surface area contributed by atoms with Crippen LogP contribution < -0.4 is 0 Å². The van der Waals surface area contributed by atoms with E-state index in [4.69, 9.17) is 23.7 Å². The summed E-state index contributed by atoms with van der Waals surface area (Å²) in [6.45, 7) is 0. The van der Waals surface area contributed by atoms with Crippen LogP contribution in [0.1, 0.15) is 24.8 Å². The fraction of sp³-hybridized carbons (Fsp3) is 0.619. The molecule has 0 saturated carbocycles. The first-order valence-corrected chi connectivity index (χ1v) is 9.40. The first-order chi connectivity index (χ1) is 13.5. The van der Waals surface area contributed by atoms with Crippen LogP contribution >= 0.6 is 0 Å². The smallest absolute Gasteiger partial charge is 0.187 e. The molecule has 1 fully saturated rings. The molecule has 0 aromatic heterocycles. The summed E-state index contributed by atoms with van der Waals surface area (Å²) in [7, 11) is 6.01. The fourth-order valence-electron chi connectivity index (χ4n) is 3.49. The molecule has 0 radical (unpaired) electrons. The van der Waals surface area contributed by atoms with E-state index in [9.17, 15) is 9.59 Å². The third kappa shape index (κ3) is 5.68. The van der Waals surface area contributed by atoms with Crippen LogP contribution in [0, 0.1) is 0 Å². The van der Waals surface area contributed by atoms with E-state index in [0.717, 1.165) is 5.56 Å². The molecule has 0 bridgehead atoms. The Morgan fingerprint density at radius 3 is 2.04 bits per heavy atom. The Balaban J connectivity index is 1.92. The molecule has 156 valence electrons. The van der Waals surface area contributed by atoms with Gasteiger partial charge in [-0.15, -0.1) is 0 Å². The maximum atomic E-state index is 12.8. The first-order valence-electron chi connectivity index (χ1n) is 9.40. The number of carbonyl (C=O) groups is 2. The van der Waals surface area contributed by atoms with Gasteiger partial charge in [-0.1, -0.05) is 30.3 Å². The maximum Gasteiger partial charge on any atom is 0.187 e. The number of Topliss-reactive ketones (excluding diaryl/α,β-unsaturated/α-hetero) is 2. The van der Waals surface area contributed by atoms with Gasteiger partial charge in [0.25, 0.3) is 0 Å². The number of benzene rings is 1. The van der Waals surface area contributed by atoms with Crippen LogP contribution in [0.25, 0.3) is 0 Å². The zero-order valence-electron chi connectivity index (χ0n) is 17.0. The number of carbonyl (C=O) groups excluding carboxylic acids is 2. The lowest BCUT2D eigenvalue weighted by molar-refractivity contribution is -0.295. The second kappa shape index (κ2) is 11.4. The van der Waals surface area contributed by atoms with Crippen molar-refractivity contribution in [2.75, 3.05) is 28.4 Å². The molecule has 1 heterocycles. The molecular weight excluding hydrogens is 364 g/mol. The van der Waals surface area contributed by atoms with Gasteiger partial charge in [-0.25, -0.2) is 0 Å². The van der Waals surface area contributed by atoms with Gasteiger partial charge in [-0.3, -0.25) is 9.59 Å². The number of ketones is 2. The lowest BCUT2D eigenvalue weighted by atomic mass is 9.93. The van der Waals surface area contributed by atoms with Gasteiger partial charge in [-0.05, 0) is 12.0 Å². The van der Waals surface area contributed by atoms with Crippen LogP contribution in [-0.2, 0) is 39.7 Å². The van der Waals surface area contributed by atoms with Gasteiger partial charge in [0.15, 0.2) is 12.1 Å². The van der Waals surface area contributed by atoms with Crippen LogP contribution in [-0.4, -0.2) is 70.7 Å². The molecule has 1 aliphatic heterocycles. The Morgan fingerprint density at radius 2 is 1.46 bits per heavy atom. The third-order valence-electron chi connectivity index (χ3n) is 5.05. The minimum Gasteiger partial charge on any atom is -0.376 e. The topological polar surface area (TPSA) is 80.3 Å². The SMILES string of the molecule is CO[C@H]1O[C@H](C(=O)CCC(=O)CCc2ccccc2)[C@@H](OC)[C@H](OC)[C@H]1OC. The lowest BCUT2D eigenvalue weighted by Crippen LogP contribution is -2.61. The number of rotatable bonds is 11. The van der Waals surface area contributed by atoms with E-state index in [2.05, 4.69) is 0 Å². The van der Waals surface area contributed by atoms with Gasteiger partial charge >= 0.3 is 0 Å². The highest BCUT2D eigenvalue weighted by Gasteiger charge is 2.49. The molecule has 7 nitrogen and oxygen atoms in total. The first kappa shape index (κ1) is 22.6. The van der Waals surface area contributed by atoms with Gasteiger partial charge < -0.3 is 23.7 Å². The molecule has 2 rings (SSSR count). The average molecular weight is 394 g/mol. The van der Waals surface area contributed by atoms with Crippen molar-refractivity contribution in [3.8, 4) is 0 Å². The number of methoxy groups -OCH3 is 4. The molecule has 0 unspecified atom stereocenters. The zero-order chi connectivity index (χ0) is 20.5. The number of hydrogen-bond donors (Lipinski definition) is 0. The predicted molar refractivity (Wildman–Crippen MR) is 102 cm³/mol. The van der Waals surface area contributed by atoms with Gasteiger partial charge in [0, 0.05) is 47.7 Å². The third-order valence-corrected chi connectivity index (χ3v) is 5.05. The van der Waals surface area contributed by atoms with Crippen molar-refractivity contribution in [2.45, 2.75) is 56.4 Å². The molecule has 1 aliphatic rings. The van der Waals surface area contributed by atoms with E-state index in [1.807, 2.05) is 30.3 Å². The molecule has 0 amide bonds. The summed E-state index contributed by atoms with van der Waals surface area (Å²) < 4.78 is 27.5. The molecule has 1 aromatic rings. The van der Waals surface area contributed by atoms with Gasteiger partial charge in [0.1, 0.15) is 30.2 Å². The van der Waals surface area contributed by atoms with Crippen molar-refractivity contribution in [1.29, 1.82) is 0 Å². The highest BCUT2D eigenvalue weighted by Crippen LogP contribution is 2.28. The summed E-state index contributed by atoms with van der Waals surface area (Å²) in [5, 5.41) is 0. The van der Waals surface area contributed by atoms with Crippen LogP contribution in [0.2, 0.25) is 0 Å². The summed E-state index contributed by atoms with van der Waals surface area (Å²) in [5.41, 5.74) is 1.11. The van der Waals surface area contributed by atoms with E-state index in [0.29, 0.717) is 12.8 Å². The normalized spacial score (nSPS) is 27.5. The number of aryl methyl sites for hydroxylation is 1. The lowest BCUT2D eigenvalue weighted by Gasteiger charge is -2.43. The standard InChI is InChI=1S/C21H30O7/c1-24-18-17(28-21(27-4)20(26-3)19(18)25-2)16(23)13-12-15(22)11-10-14-8-6-5-7-9-14/h5-9,17-21H,10-13H2,1-4H3/t17-,18-,19+,20-,21+/m1/s1. The monoisotopic (exact) mass is 394 g/mol. The minimum atomic E-state index is -0.881. The van der Waals surface area contributed by atoms with Crippen LogP contribution in [0.4, 0.5) is 0 Å². The van der Waals surface area contributed by atoms with Crippen LogP contribution in [0.3, 0.4) is 0 Å².